The molecule has 0 aliphatic heterocycles. The SMILES string of the molecule is CC(C)N(C)S(=O)(=O)c1ccc(CNC(=O)[C@@H](C)N)cc1. The van der Waals surface area contributed by atoms with Crippen LogP contribution in [0, 0.1) is 0 Å². The van der Waals surface area contributed by atoms with Gasteiger partial charge in [-0.1, -0.05) is 12.1 Å². The number of nitrogens with two attached hydrogens (primary N) is 1. The van der Waals surface area contributed by atoms with Crippen LogP contribution in [0.2, 0.25) is 0 Å². The van der Waals surface area contributed by atoms with E-state index in [-0.39, 0.29) is 16.8 Å². The summed E-state index contributed by atoms with van der Waals surface area (Å²) < 4.78 is 25.9. The zero-order valence-corrected chi connectivity index (χ0v) is 13.6. The fraction of sp³-hybridized carbons (Fsp3) is 0.500. The molecular formula is C14H23N3O3S. The summed E-state index contributed by atoms with van der Waals surface area (Å²) >= 11 is 0. The smallest absolute Gasteiger partial charge is 0.243 e. The Morgan fingerprint density at radius 2 is 1.76 bits per heavy atom. The molecular weight excluding hydrogens is 290 g/mol. The van der Waals surface area contributed by atoms with Gasteiger partial charge in [-0.15, -0.1) is 0 Å². The molecule has 0 unspecified atom stereocenters. The highest BCUT2D eigenvalue weighted by Gasteiger charge is 2.22. The fourth-order valence-electron chi connectivity index (χ4n) is 1.57. The van der Waals surface area contributed by atoms with Crippen LogP contribution in [0.15, 0.2) is 29.2 Å². The molecule has 3 N–H and O–H groups in total. The number of carbonyl (C=O) groups excluding carboxylic acids is 1. The molecule has 1 aromatic rings. The van der Waals surface area contributed by atoms with Gasteiger partial charge in [0, 0.05) is 19.6 Å². The molecule has 0 saturated heterocycles. The third kappa shape index (κ3) is 4.52. The van der Waals surface area contributed by atoms with E-state index in [0.717, 1.165) is 5.56 Å². The Morgan fingerprint density at radius 3 is 2.19 bits per heavy atom. The molecule has 1 amide bonds. The molecule has 7 heteroatoms. The van der Waals surface area contributed by atoms with Gasteiger partial charge in [0.25, 0.3) is 0 Å². The van der Waals surface area contributed by atoms with Gasteiger partial charge in [-0.2, -0.15) is 4.31 Å². The largest absolute Gasteiger partial charge is 0.351 e. The molecule has 6 nitrogen and oxygen atoms in total. The zero-order valence-electron chi connectivity index (χ0n) is 12.8. The lowest BCUT2D eigenvalue weighted by molar-refractivity contribution is -0.122. The van der Waals surface area contributed by atoms with Gasteiger partial charge >= 0.3 is 0 Å². The van der Waals surface area contributed by atoms with Gasteiger partial charge in [-0.3, -0.25) is 4.79 Å². The second-order valence-electron chi connectivity index (χ2n) is 5.27. The van der Waals surface area contributed by atoms with Gasteiger partial charge < -0.3 is 11.1 Å². The molecule has 1 aromatic carbocycles. The molecule has 118 valence electrons. The van der Waals surface area contributed by atoms with Crippen molar-refractivity contribution < 1.29 is 13.2 Å². The molecule has 1 rings (SSSR count). The topological polar surface area (TPSA) is 92.5 Å². The van der Waals surface area contributed by atoms with Crippen molar-refractivity contribution >= 4 is 15.9 Å². The van der Waals surface area contributed by atoms with Crippen LogP contribution in [0.25, 0.3) is 0 Å². The molecule has 0 radical (unpaired) electrons. The maximum atomic E-state index is 12.3. The molecule has 0 aliphatic carbocycles. The predicted molar refractivity (Wildman–Crippen MR) is 82.0 cm³/mol. The summed E-state index contributed by atoms with van der Waals surface area (Å²) in [6, 6.07) is 5.78. The van der Waals surface area contributed by atoms with E-state index in [4.69, 9.17) is 5.73 Å². The summed E-state index contributed by atoms with van der Waals surface area (Å²) in [5.41, 5.74) is 6.26. The monoisotopic (exact) mass is 313 g/mol. The third-order valence-corrected chi connectivity index (χ3v) is 5.26. The van der Waals surface area contributed by atoms with Crippen LogP contribution in [0.5, 0.6) is 0 Å². The van der Waals surface area contributed by atoms with Gasteiger partial charge in [0.15, 0.2) is 0 Å². The van der Waals surface area contributed by atoms with E-state index in [1.807, 2.05) is 13.8 Å². The van der Waals surface area contributed by atoms with Gasteiger partial charge in [0.2, 0.25) is 15.9 Å². The first-order chi connectivity index (χ1) is 9.66. The van der Waals surface area contributed by atoms with Gasteiger partial charge in [0.1, 0.15) is 0 Å². The predicted octanol–water partition coefficient (Wildman–Crippen LogP) is 0.679. The lowest BCUT2D eigenvalue weighted by Crippen LogP contribution is -2.37. The first kappa shape index (κ1) is 17.6. The summed E-state index contributed by atoms with van der Waals surface area (Å²) in [5.74, 6) is -0.244. The number of rotatable bonds is 6. The molecule has 21 heavy (non-hydrogen) atoms. The van der Waals surface area contributed by atoms with E-state index in [0.29, 0.717) is 6.54 Å². The lowest BCUT2D eigenvalue weighted by Gasteiger charge is -2.21. The van der Waals surface area contributed by atoms with E-state index in [1.165, 1.54) is 4.31 Å². The highest BCUT2D eigenvalue weighted by atomic mass is 32.2. The lowest BCUT2D eigenvalue weighted by atomic mass is 10.2. The third-order valence-electron chi connectivity index (χ3n) is 3.21. The Kier molecular flexibility index (Phi) is 5.88. The normalized spacial score (nSPS) is 13.5. The van der Waals surface area contributed by atoms with Crippen LogP contribution in [0.1, 0.15) is 26.3 Å². The van der Waals surface area contributed by atoms with Crippen molar-refractivity contribution in [3.8, 4) is 0 Å². The number of sulfonamides is 1. The molecule has 0 fully saturated rings. The Balaban J connectivity index is 2.81. The molecule has 0 aliphatic rings. The maximum absolute atomic E-state index is 12.3. The quantitative estimate of drug-likeness (QED) is 0.807. The Hall–Kier alpha value is -1.44. The number of nitrogens with zero attached hydrogens (tertiary/aromatic N) is 1. The number of hydrogen-bond acceptors (Lipinski definition) is 4. The van der Waals surface area contributed by atoms with Crippen molar-refractivity contribution in [2.75, 3.05) is 7.05 Å². The standard InChI is InChI=1S/C14H23N3O3S/c1-10(2)17(4)21(19,20)13-7-5-12(6-8-13)9-16-14(18)11(3)15/h5-8,10-11H,9,15H2,1-4H3,(H,16,18)/t11-/m1/s1. The molecule has 0 heterocycles. The van der Waals surface area contributed by atoms with Crippen molar-refractivity contribution in [2.45, 2.75) is 44.3 Å². The van der Waals surface area contributed by atoms with E-state index in [1.54, 1.807) is 38.2 Å². The first-order valence-electron chi connectivity index (χ1n) is 6.76. The molecule has 0 spiro atoms. The number of hydrogen-bond donors (Lipinski definition) is 2. The van der Waals surface area contributed by atoms with Crippen LogP contribution < -0.4 is 11.1 Å². The second-order valence-corrected chi connectivity index (χ2v) is 7.26. The summed E-state index contributed by atoms with van der Waals surface area (Å²) in [6.07, 6.45) is 0. The summed E-state index contributed by atoms with van der Waals surface area (Å²) in [7, 11) is -1.92. The van der Waals surface area contributed by atoms with E-state index < -0.39 is 16.1 Å². The molecule has 0 saturated carbocycles. The van der Waals surface area contributed by atoms with Gasteiger partial charge in [-0.05, 0) is 38.5 Å². The molecule has 0 aromatic heterocycles. The van der Waals surface area contributed by atoms with Crippen LogP contribution >= 0.6 is 0 Å². The van der Waals surface area contributed by atoms with Crippen molar-refractivity contribution in [3.63, 3.8) is 0 Å². The minimum atomic E-state index is -3.47. The van der Waals surface area contributed by atoms with Crippen LogP contribution in [0.4, 0.5) is 0 Å². The average molecular weight is 313 g/mol. The Labute approximate surface area is 126 Å². The van der Waals surface area contributed by atoms with Crippen LogP contribution in [-0.4, -0.2) is 37.8 Å². The summed E-state index contributed by atoms with van der Waals surface area (Å²) in [5, 5.41) is 2.67. The second kappa shape index (κ2) is 7.02. The number of benzene rings is 1. The van der Waals surface area contributed by atoms with Gasteiger partial charge in [-0.25, -0.2) is 8.42 Å². The molecule has 0 bridgehead atoms. The van der Waals surface area contributed by atoms with Crippen molar-refractivity contribution in [1.29, 1.82) is 0 Å². The summed E-state index contributed by atoms with van der Waals surface area (Å²) in [4.78, 5) is 11.6. The number of amides is 1. The average Bonchev–Trinajstić information content (AvgIpc) is 2.43. The molecule has 1 atom stereocenters. The summed E-state index contributed by atoms with van der Waals surface area (Å²) in [6.45, 7) is 5.55. The van der Waals surface area contributed by atoms with Crippen molar-refractivity contribution in [1.82, 2.24) is 9.62 Å². The Morgan fingerprint density at radius 1 is 1.24 bits per heavy atom. The highest BCUT2D eigenvalue weighted by molar-refractivity contribution is 7.89. The van der Waals surface area contributed by atoms with E-state index >= 15 is 0 Å². The highest BCUT2D eigenvalue weighted by Crippen LogP contribution is 2.17. The van der Waals surface area contributed by atoms with E-state index in [9.17, 15) is 13.2 Å². The minimum Gasteiger partial charge on any atom is -0.351 e. The number of carbonyl (C=O) groups is 1. The van der Waals surface area contributed by atoms with Crippen LogP contribution in [-0.2, 0) is 21.4 Å². The van der Waals surface area contributed by atoms with Crippen molar-refractivity contribution in [3.05, 3.63) is 29.8 Å². The fourth-order valence-corrected chi connectivity index (χ4v) is 2.94. The first-order valence-corrected chi connectivity index (χ1v) is 8.20. The number of nitrogens with one attached hydrogen (secondary N) is 1. The minimum absolute atomic E-state index is 0.111. The van der Waals surface area contributed by atoms with E-state index in [2.05, 4.69) is 5.32 Å². The van der Waals surface area contributed by atoms with Crippen LogP contribution in [0.3, 0.4) is 0 Å². The van der Waals surface area contributed by atoms with Gasteiger partial charge in [0.05, 0.1) is 10.9 Å². The van der Waals surface area contributed by atoms with Crippen molar-refractivity contribution in [2.24, 2.45) is 5.73 Å². The zero-order chi connectivity index (χ0) is 16.2. The Bertz CT molecular complexity index is 580. The maximum Gasteiger partial charge on any atom is 0.243 e.